The predicted octanol–water partition coefficient (Wildman–Crippen LogP) is 9.88. The molecule has 0 spiro atoms. The van der Waals surface area contributed by atoms with Crippen LogP contribution in [-0.4, -0.2) is 12.8 Å². The molecule has 2 heteroatoms. The summed E-state index contributed by atoms with van der Waals surface area (Å²) in [5, 5.41) is 4.53. The maximum absolute atomic E-state index is 5.81. The topological polar surface area (TPSA) is 9.23 Å². The first-order valence-corrected chi connectivity index (χ1v) is 18.0. The zero-order valence-corrected chi connectivity index (χ0v) is 25.9. The summed E-state index contributed by atoms with van der Waals surface area (Å²) in [6, 6.07) is 44.5. The summed E-state index contributed by atoms with van der Waals surface area (Å²) in [7, 11) is -1.66. The van der Waals surface area contributed by atoms with Crippen LogP contribution < -0.4 is 15.9 Å². The first-order chi connectivity index (χ1) is 20.4. The van der Waals surface area contributed by atoms with E-state index in [1.807, 2.05) is 0 Å². The van der Waals surface area contributed by atoms with Crippen molar-refractivity contribution in [2.75, 3.05) is 12.8 Å². The van der Waals surface area contributed by atoms with Crippen LogP contribution in [0.15, 0.2) is 121 Å². The molecular weight excluding hydrogens is 515 g/mol. The van der Waals surface area contributed by atoms with Gasteiger partial charge in [0, 0.05) is 6.61 Å². The average Bonchev–Trinajstić information content (AvgIpc) is 3.04. The summed E-state index contributed by atoms with van der Waals surface area (Å²) in [4.78, 5) is 0. The van der Waals surface area contributed by atoms with Gasteiger partial charge in [0.1, 0.15) is 23.2 Å². The SMILES string of the molecule is c1ccc(COCCCCCCCCCCCCCC[P+](c2ccccc2)(c2ccccc2)c2ccccc2)cc1. The van der Waals surface area contributed by atoms with Crippen LogP contribution in [0.1, 0.15) is 82.6 Å². The van der Waals surface area contributed by atoms with Crippen molar-refractivity contribution in [3.8, 4) is 0 Å². The molecule has 216 valence electrons. The van der Waals surface area contributed by atoms with Crippen LogP contribution in [0.4, 0.5) is 0 Å². The summed E-state index contributed by atoms with van der Waals surface area (Å²) < 4.78 is 5.81. The minimum atomic E-state index is -1.66. The van der Waals surface area contributed by atoms with Gasteiger partial charge in [0.15, 0.2) is 0 Å². The Labute approximate surface area is 250 Å². The number of ether oxygens (including phenoxy) is 1. The highest BCUT2D eigenvalue weighted by atomic mass is 31.2. The minimum Gasteiger partial charge on any atom is -0.377 e. The fourth-order valence-electron chi connectivity index (χ4n) is 5.97. The Bertz CT molecular complexity index is 1080. The molecule has 0 aliphatic heterocycles. The van der Waals surface area contributed by atoms with Crippen molar-refractivity contribution in [1.29, 1.82) is 0 Å². The van der Waals surface area contributed by atoms with Gasteiger partial charge < -0.3 is 4.74 Å². The van der Waals surface area contributed by atoms with E-state index in [1.165, 1.54) is 105 Å². The molecule has 0 amide bonds. The van der Waals surface area contributed by atoms with E-state index < -0.39 is 7.26 Å². The van der Waals surface area contributed by atoms with Gasteiger partial charge in [-0.3, -0.25) is 0 Å². The van der Waals surface area contributed by atoms with E-state index in [2.05, 4.69) is 121 Å². The van der Waals surface area contributed by atoms with Gasteiger partial charge >= 0.3 is 0 Å². The molecule has 41 heavy (non-hydrogen) atoms. The van der Waals surface area contributed by atoms with Crippen molar-refractivity contribution >= 4 is 23.2 Å². The van der Waals surface area contributed by atoms with E-state index in [0.29, 0.717) is 0 Å². The van der Waals surface area contributed by atoms with E-state index in [1.54, 1.807) is 0 Å². The summed E-state index contributed by atoms with van der Waals surface area (Å²) in [6.45, 7) is 1.64. The van der Waals surface area contributed by atoms with Crippen LogP contribution >= 0.6 is 7.26 Å². The molecule has 0 aromatic heterocycles. The van der Waals surface area contributed by atoms with Crippen molar-refractivity contribution in [1.82, 2.24) is 0 Å². The summed E-state index contributed by atoms with van der Waals surface area (Å²) >= 11 is 0. The standard InChI is InChI=1S/C39H50OP/c1(3-5-7-9-23-33-40-35-36-25-15-11-16-26-36)2-4-6-8-10-24-34-41(37-27-17-12-18-28-37,38-29-19-13-20-30-38)39-31-21-14-22-32-39/h11-22,25-32H,1-10,23-24,33-35H2/q+1. The lowest BCUT2D eigenvalue weighted by Crippen LogP contribution is -2.33. The van der Waals surface area contributed by atoms with Crippen molar-refractivity contribution in [2.24, 2.45) is 0 Å². The molecule has 0 bridgehead atoms. The van der Waals surface area contributed by atoms with Gasteiger partial charge in [-0.1, -0.05) is 143 Å². The monoisotopic (exact) mass is 565 g/mol. The van der Waals surface area contributed by atoms with Gasteiger partial charge in [-0.2, -0.15) is 0 Å². The number of unbranched alkanes of at least 4 members (excludes halogenated alkanes) is 11. The van der Waals surface area contributed by atoms with Crippen molar-refractivity contribution in [3.63, 3.8) is 0 Å². The lowest BCUT2D eigenvalue weighted by molar-refractivity contribution is 0.116. The van der Waals surface area contributed by atoms with Crippen molar-refractivity contribution in [3.05, 3.63) is 127 Å². The van der Waals surface area contributed by atoms with Crippen molar-refractivity contribution < 1.29 is 4.74 Å². The molecule has 0 aliphatic carbocycles. The first kappa shape index (κ1) is 31.2. The fraction of sp³-hybridized carbons (Fsp3) is 0.385. The Morgan fingerprint density at radius 1 is 0.366 bits per heavy atom. The predicted molar refractivity (Wildman–Crippen MR) is 182 cm³/mol. The molecule has 0 aliphatic rings. The molecule has 1 nitrogen and oxygen atoms in total. The number of benzene rings is 4. The molecule has 0 fully saturated rings. The zero-order valence-electron chi connectivity index (χ0n) is 25.0. The molecule has 4 aromatic rings. The molecule has 0 unspecified atom stereocenters. The van der Waals surface area contributed by atoms with Gasteiger partial charge in [0.25, 0.3) is 0 Å². The number of hydrogen-bond acceptors (Lipinski definition) is 1. The van der Waals surface area contributed by atoms with Gasteiger partial charge in [-0.15, -0.1) is 0 Å². The second-order valence-electron chi connectivity index (χ2n) is 11.3. The molecule has 0 radical (unpaired) electrons. The summed E-state index contributed by atoms with van der Waals surface area (Å²) in [5.41, 5.74) is 1.27. The minimum absolute atomic E-state index is 0.746. The maximum Gasteiger partial charge on any atom is 0.112 e. The van der Waals surface area contributed by atoms with Gasteiger partial charge in [0.2, 0.25) is 0 Å². The molecule has 0 N–H and O–H groups in total. The molecule has 0 saturated carbocycles. The van der Waals surface area contributed by atoms with E-state index in [9.17, 15) is 0 Å². The van der Waals surface area contributed by atoms with E-state index in [-0.39, 0.29) is 0 Å². The third kappa shape index (κ3) is 10.2. The van der Waals surface area contributed by atoms with Crippen molar-refractivity contribution in [2.45, 2.75) is 83.7 Å². The zero-order chi connectivity index (χ0) is 28.3. The van der Waals surface area contributed by atoms with Crippen LogP contribution in [0.25, 0.3) is 0 Å². The Kier molecular flexibility index (Phi) is 14.2. The van der Waals surface area contributed by atoms with E-state index >= 15 is 0 Å². The molecule has 0 heterocycles. The third-order valence-corrected chi connectivity index (χ3v) is 12.8. The lowest BCUT2D eigenvalue weighted by atomic mass is 10.1. The second kappa shape index (κ2) is 18.7. The molecule has 0 atom stereocenters. The van der Waals surface area contributed by atoms with Crippen LogP contribution in [0.2, 0.25) is 0 Å². The average molecular weight is 566 g/mol. The highest BCUT2D eigenvalue weighted by Crippen LogP contribution is 2.56. The van der Waals surface area contributed by atoms with E-state index in [0.717, 1.165) is 13.2 Å². The molecule has 4 aromatic carbocycles. The Morgan fingerprint density at radius 2 is 0.707 bits per heavy atom. The highest BCUT2D eigenvalue weighted by Gasteiger charge is 2.44. The largest absolute Gasteiger partial charge is 0.377 e. The van der Waals surface area contributed by atoms with E-state index in [4.69, 9.17) is 4.74 Å². The second-order valence-corrected chi connectivity index (χ2v) is 14.9. The van der Waals surface area contributed by atoms with Crippen LogP contribution in [0, 0.1) is 0 Å². The van der Waals surface area contributed by atoms with Gasteiger partial charge in [-0.25, -0.2) is 0 Å². The molecule has 0 saturated heterocycles. The summed E-state index contributed by atoms with van der Waals surface area (Å²) in [6.07, 6.45) is 17.4. The number of hydrogen-bond donors (Lipinski definition) is 0. The normalized spacial score (nSPS) is 11.5. The van der Waals surface area contributed by atoms with Crippen LogP contribution in [0.3, 0.4) is 0 Å². The van der Waals surface area contributed by atoms with Gasteiger partial charge in [0.05, 0.1) is 12.8 Å². The highest BCUT2D eigenvalue weighted by molar-refractivity contribution is 7.95. The first-order valence-electron chi connectivity index (χ1n) is 16.1. The number of rotatable bonds is 20. The third-order valence-electron chi connectivity index (χ3n) is 8.23. The maximum atomic E-state index is 5.81. The van der Waals surface area contributed by atoms with Crippen LogP contribution in [0.5, 0.6) is 0 Å². The van der Waals surface area contributed by atoms with Crippen LogP contribution in [-0.2, 0) is 11.3 Å². The fourth-order valence-corrected chi connectivity index (χ4v) is 10.4. The van der Waals surface area contributed by atoms with Gasteiger partial charge in [-0.05, 0) is 61.2 Å². The Hall–Kier alpha value is -2.73. The smallest absolute Gasteiger partial charge is 0.112 e. The molecular formula is C39H50OP+. The summed E-state index contributed by atoms with van der Waals surface area (Å²) in [5.74, 6) is 0. The molecule has 4 rings (SSSR count). The Morgan fingerprint density at radius 3 is 1.12 bits per heavy atom. The Balaban J connectivity index is 1.10. The quantitative estimate of drug-likeness (QED) is 0.0765. The lowest BCUT2D eigenvalue weighted by Gasteiger charge is -2.27.